The smallest absolute Gasteiger partial charge is 0.291 e. The third kappa shape index (κ3) is 2.46. The van der Waals surface area contributed by atoms with Gasteiger partial charge in [-0.25, -0.2) is 0 Å². The van der Waals surface area contributed by atoms with Gasteiger partial charge in [0.1, 0.15) is 0 Å². The first-order valence-corrected chi connectivity index (χ1v) is 5.82. The molecule has 6 heteroatoms. The lowest BCUT2D eigenvalue weighted by atomic mass is 10.2. The van der Waals surface area contributed by atoms with Crippen LogP contribution < -0.4 is 5.73 Å². The van der Waals surface area contributed by atoms with Crippen LogP contribution in [0.2, 0.25) is 0 Å². The van der Waals surface area contributed by atoms with Crippen molar-refractivity contribution in [2.24, 2.45) is 0 Å². The van der Waals surface area contributed by atoms with Gasteiger partial charge < -0.3 is 10.6 Å². The maximum atomic E-state index is 12.2. The molecule has 17 heavy (non-hydrogen) atoms. The third-order valence-corrected chi connectivity index (χ3v) is 3.06. The summed E-state index contributed by atoms with van der Waals surface area (Å²) in [4.78, 5) is 17.9. The molecule has 92 valence electrons. The Balaban J connectivity index is 2.14. The fourth-order valence-electron chi connectivity index (χ4n) is 2.26. The molecule has 0 aliphatic heterocycles. The Morgan fingerprint density at radius 1 is 1.59 bits per heavy atom. The highest BCUT2D eigenvalue weighted by Gasteiger charge is 2.28. The minimum Gasteiger partial charge on any atom is -0.366 e. The first kappa shape index (κ1) is 11.6. The van der Waals surface area contributed by atoms with E-state index in [1.807, 2.05) is 0 Å². The van der Waals surface area contributed by atoms with Crippen molar-refractivity contribution in [1.82, 2.24) is 20.1 Å². The molecule has 1 fully saturated rings. The van der Waals surface area contributed by atoms with E-state index in [1.54, 1.807) is 11.0 Å². The fraction of sp³-hybridized carbons (Fsp3) is 0.545. The second-order valence-corrected chi connectivity index (χ2v) is 4.23. The van der Waals surface area contributed by atoms with Crippen molar-refractivity contribution in [1.29, 1.82) is 0 Å². The van der Waals surface area contributed by atoms with Gasteiger partial charge in [0.15, 0.2) is 0 Å². The number of nitrogen functional groups attached to an aromatic ring is 1. The second-order valence-electron chi connectivity index (χ2n) is 4.23. The van der Waals surface area contributed by atoms with Crippen molar-refractivity contribution in [3.8, 4) is 0 Å². The molecule has 0 radical (unpaired) electrons. The van der Waals surface area contributed by atoms with Gasteiger partial charge in [0.25, 0.3) is 5.91 Å². The quantitative estimate of drug-likeness (QED) is 0.761. The lowest BCUT2D eigenvalue weighted by Gasteiger charge is -2.26. The Hall–Kier alpha value is -1.85. The van der Waals surface area contributed by atoms with Crippen molar-refractivity contribution in [3.63, 3.8) is 0 Å². The molecule has 3 N–H and O–H groups in total. The third-order valence-electron chi connectivity index (χ3n) is 3.06. The zero-order chi connectivity index (χ0) is 12.3. The maximum Gasteiger partial charge on any atom is 0.291 e. The number of hydrogen-bond acceptors (Lipinski definition) is 4. The molecule has 1 saturated carbocycles. The molecule has 0 aromatic carbocycles. The number of aromatic nitrogens is 3. The fourth-order valence-corrected chi connectivity index (χ4v) is 2.26. The van der Waals surface area contributed by atoms with Crippen LogP contribution in [0.25, 0.3) is 0 Å². The van der Waals surface area contributed by atoms with E-state index in [1.165, 1.54) is 12.8 Å². The van der Waals surface area contributed by atoms with Crippen LogP contribution in [-0.2, 0) is 0 Å². The van der Waals surface area contributed by atoms with Gasteiger partial charge in [-0.2, -0.15) is 4.98 Å². The standard InChI is InChI=1S/C11H17N5O/c1-2-7-16(8-5-3-4-6-8)10(17)9-13-11(12)15-14-9/h2,8H,1,3-7H2,(H3,12,13,14,15). The van der Waals surface area contributed by atoms with Crippen molar-refractivity contribution >= 4 is 11.9 Å². The minimum absolute atomic E-state index is 0.0957. The van der Waals surface area contributed by atoms with Crippen LogP contribution in [0, 0.1) is 0 Å². The van der Waals surface area contributed by atoms with Gasteiger partial charge >= 0.3 is 0 Å². The maximum absolute atomic E-state index is 12.2. The highest BCUT2D eigenvalue weighted by molar-refractivity contribution is 5.91. The zero-order valence-electron chi connectivity index (χ0n) is 9.72. The number of nitrogens with two attached hydrogens (primary N) is 1. The van der Waals surface area contributed by atoms with Gasteiger partial charge in [0.2, 0.25) is 11.8 Å². The summed E-state index contributed by atoms with van der Waals surface area (Å²) in [6, 6.07) is 0.284. The molecule has 2 rings (SSSR count). The number of H-pyrrole nitrogens is 1. The zero-order valence-corrected chi connectivity index (χ0v) is 9.72. The molecule has 6 nitrogen and oxygen atoms in total. The van der Waals surface area contributed by atoms with E-state index in [2.05, 4.69) is 21.8 Å². The number of rotatable bonds is 4. The summed E-state index contributed by atoms with van der Waals surface area (Å²) in [5.41, 5.74) is 5.40. The Labute approximate surface area is 99.9 Å². The van der Waals surface area contributed by atoms with Crippen LogP contribution in [0.3, 0.4) is 0 Å². The number of nitrogens with one attached hydrogen (secondary N) is 1. The molecule has 0 bridgehead atoms. The van der Waals surface area contributed by atoms with E-state index in [-0.39, 0.29) is 23.7 Å². The number of nitrogens with zero attached hydrogens (tertiary/aromatic N) is 3. The van der Waals surface area contributed by atoms with Crippen LogP contribution >= 0.6 is 0 Å². The van der Waals surface area contributed by atoms with Crippen LogP contribution in [0.4, 0.5) is 5.95 Å². The summed E-state index contributed by atoms with van der Waals surface area (Å²) < 4.78 is 0. The largest absolute Gasteiger partial charge is 0.366 e. The number of carbonyl (C=O) groups is 1. The summed E-state index contributed by atoms with van der Waals surface area (Å²) in [5, 5.41) is 6.23. The van der Waals surface area contributed by atoms with Gasteiger partial charge in [0.05, 0.1) is 0 Å². The molecule has 1 aliphatic rings. The van der Waals surface area contributed by atoms with Crippen LogP contribution in [0.15, 0.2) is 12.7 Å². The van der Waals surface area contributed by atoms with Crippen LogP contribution in [0.5, 0.6) is 0 Å². The summed E-state index contributed by atoms with van der Waals surface area (Å²) >= 11 is 0. The predicted octanol–water partition coefficient (Wildman–Crippen LogP) is 0.958. The topological polar surface area (TPSA) is 87.9 Å². The molecule has 1 aromatic rings. The molecule has 0 unspecified atom stereocenters. The summed E-state index contributed by atoms with van der Waals surface area (Å²) in [6.07, 6.45) is 6.16. The van der Waals surface area contributed by atoms with Crippen molar-refractivity contribution in [2.45, 2.75) is 31.7 Å². The van der Waals surface area contributed by atoms with E-state index in [0.29, 0.717) is 6.54 Å². The second kappa shape index (κ2) is 4.99. The van der Waals surface area contributed by atoms with Crippen LogP contribution in [0.1, 0.15) is 36.3 Å². The van der Waals surface area contributed by atoms with Gasteiger partial charge in [-0.15, -0.1) is 11.7 Å². The minimum atomic E-state index is -0.152. The molecule has 1 aromatic heterocycles. The SMILES string of the molecule is C=CCN(C(=O)c1nc(N)n[nH]1)C1CCCC1. The number of amides is 1. The van der Waals surface area contributed by atoms with Crippen molar-refractivity contribution < 1.29 is 4.79 Å². The van der Waals surface area contributed by atoms with Crippen LogP contribution in [-0.4, -0.2) is 38.6 Å². The molecule has 1 amide bonds. The molecule has 1 aliphatic carbocycles. The van der Waals surface area contributed by atoms with Gasteiger partial charge in [0, 0.05) is 12.6 Å². The summed E-state index contributed by atoms with van der Waals surface area (Å²) in [6.45, 7) is 4.22. The Morgan fingerprint density at radius 2 is 2.29 bits per heavy atom. The molecular weight excluding hydrogens is 218 g/mol. The van der Waals surface area contributed by atoms with E-state index in [0.717, 1.165) is 12.8 Å². The van der Waals surface area contributed by atoms with E-state index in [4.69, 9.17) is 5.73 Å². The number of carbonyl (C=O) groups excluding carboxylic acids is 1. The Morgan fingerprint density at radius 3 is 2.82 bits per heavy atom. The van der Waals surface area contributed by atoms with E-state index < -0.39 is 0 Å². The highest BCUT2D eigenvalue weighted by atomic mass is 16.2. The lowest BCUT2D eigenvalue weighted by molar-refractivity contribution is 0.0694. The van der Waals surface area contributed by atoms with E-state index in [9.17, 15) is 4.79 Å². The highest BCUT2D eigenvalue weighted by Crippen LogP contribution is 2.24. The van der Waals surface area contributed by atoms with Gasteiger partial charge in [-0.05, 0) is 12.8 Å². The first-order valence-electron chi connectivity index (χ1n) is 5.82. The van der Waals surface area contributed by atoms with Crippen molar-refractivity contribution in [2.75, 3.05) is 12.3 Å². The molecule has 0 spiro atoms. The Bertz CT molecular complexity index is 408. The normalized spacial score (nSPS) is 16.0. The number of anilines is 1. The van der Waals surface area contributed by atoms with Crippen molar-refractivity contribution in [3.05, 3.63) is 18.5 Å². The molecular formula is C11H17N5O. The van der Waals surface area contributed by atoms with E-state index >= 15 is 0 Å². The Kier molecular flexibility index (Phi) is 3.41. The molecule has 0 atom stereocenters. The predicted molar refractivity (Wildman–Crippen MR) is 64.3 cm³/mol. The summed E-state index contributed by atoms with van der Waals surface area (Å²) in [5.74, 6) is 0.149. The molecule has 0 saturated heterocycles. The lowest BCUT2D eigenvalue weighted by Crippen LogP contribution is -2.39. The summed E-state index contributed by atoms with van der Waals surface area (Å²) in [7, 11) is 0. The monoisotopic (exact) mass is 235 g/mol. The molecule has 1 heterocycles. The van der Waals surface area contributed by atoms with Gasteiger partial charge in [-0.3, -0.25) is 9.89 Å². The number of hydrogen-bond donors (Lipinski definition) is 2. The first-order chi connectivity index (χ1) is 8.22. The van der Waals surface area contributed by atoms with Gasteiger partial charge in [-0.1, -0.05) is 18.9 Å². The average Bonchev–Trinajstić information content (AvgIpc) is 2.95. The number of aromatic amines is 1. The average molecular weight is 235 g/mol.